The first-order valence-corrected chi connectivity index (χ1v) is 9.47. The molecule has 0 aliphatic heterocycles. The summed E-state index contributed by atoms with van der Waals surface area (Å²) in [5.74, 6) is 0. The van der Waals surface area contributed by atoms with Gasteiger partial charge in [0.25, 0.3) is 0 Å². The largest absolute Gasteiger partial charge is 0.612 e. The van der Waals surface area contributed by atoms with Gasteiger partial charge in [0.1, 0.15) is 6.26 Å². The van der Waals surface area contributed by atoms with Gasteiger partial charge in [-0.05, 0) is 47.6 Å². The predicted octanol–water partition coefficient (Wildman–Crippen LogP) is 4.33. The topological polar surface area (TPSA) is 60.9 Å². The molecule has 6 heteroatoms. The first kappa shape index (κ1) is 14.4. The summed E-state index contributed by atoms with van der Waals surface area (Å²) >= 11 is 0.610. The Morgan fingerprint density at radius 1 is 1.04 bits per heavy atom. The lowest BCUT2D eigenvalue weighted by Crippen LogP contribution is -1.98. The molecule has 0 amide bonds. The second kappa shape index (κ2) is 5.81. The van der Waals surface area contributed by atoms with Gasteiger partial charge in [0.05, 0.1) is 21.2 Å². The van der Waals surface area contributed by atoms with Crippen LogP contribution in [0.3, 0.4) is 0 Å². The third kappa shape index (κ3) is 2.76. The lowest BCUT2D eigenvalue weighted by Gasteiger charge is -2.11. The van der Waals surface area contributed by atoms with Crippen molar-refractivity contribution in [2.75, 3.05) is 11.6 Å². The number of hydrogen-bond acceptors (Lipinski definition) is 5. The van der Waals surface area contributed by atoms with E-state index in [0.717, 1.165) is 32.7 Å². The number of nitrogens with one attached hydrogen (secondary N) is 1. The summed E-state index contributed by atoms with van der Waals surface area (Å²) in [5, 5.41) is 4.38. The molecule has 0 aliphatic carbocycles. The van der Waals surface area contributed by atoms with E-state index in [-0.39, 0.29) is 0 Å². The molecule has 0 bridgehead atoms. The smallest absolute Gasteiger partial charge is 0.153 e. The molecule has 2 aromatic carbocycles. The zero-order valence-corrected chi connectivity index (χ0v) is 13.9. The predicted molar refractivity (Wildman–Crippen MR) is 97.0 cm³/mol. The molecule has 1 atom stereocenters. The molecule has 0 saturated heterocycles. The van der Waals surface area contributed by atoms with E-state index in [1.807, 2.05) is 41.9 Å². The van der Waals surface area contributed by atoms with Crippen LogP contribution in [0.5, 0.6) is 0 Å². The molecule has 23 heavy (non-hydrogen) atoms. The number of hydrogen-bond donors (Lipinski definition) is 1. The summed E-state index contributed by atoms with van der Waals surface area (Å²) in [4.78, 5) is 9.52. The quantitative estimate of drug-likeness (QED) is 0.565. The number of thiazole rings is 1. The second-order valence-electron chi connectivity index (χ2n) is 5.15. The van der Waals surface area contributed by atoms with E-state index in [1.54, 1.807) is 23.8 Å². The van der Waals surface area contributed by atoms with Crippen LogP contribution in [0.1, 0.15) is 0 Å². The summed E-state index contributed by atoms with van der Waals surface area (Å²) in [6, 6.07) is 13.7. The fraction of sp³-hybridized carbons (Fsp3) is 0.0588. The van der Waals surface area contributed by atoms with Crippen LogP contribution in [0.15, 0.2) is 59.1 Å². The van der Waals surface area contributed by atoms with Crippen molar-refractivity contribution in [2.24, 2.45) is 0 Å². The minimum atomic E-state index is -1.02. The normalized spacial score (nSPS) is 12.6. The molecule has 0 spiro atoms. The fourth-order valence-corrected chi connectivity index (χ4v) is 3.71. The lowest BCUT2D eigenvalue weighted by atomic mass is 10.2. The maximum atomic E-state index is 11.7. The van der Waals surface area contributed by atoms with Gasteiger partial charge in [-0.3, -0.25) is 4.98 Å². The molecule has 0 unspecified atom stereocenters. The summed E-state index contributed by atoms with van der Waals surface area (Å²) in [5.41, 5.74) is 5.61. The van der Waals surface area contributed by atoms with E-state index in [4.69, 9.17) is 0 Å². The fourth-order valence-electron chi connectivity index (χ4n) is 2.50. The molecule has 0 radical (unpaired) electrons. The number of benzene rings is 2. The van der Waals surface area contributed by atoms with Crippen molar-refractivity contribution in [2.45, 2.75) is 4.90 Å². The highest BCUT2D eigenvalue weighted by atomic mass is 32.2. The van der Waals surface area contributed by atoms with E-state index in [9.17, 15) is 4.55 Å². The molecule has 0 fully saturated rings. The molecular weight excluding hydrogens is 326 g/mol. The number of pyridine rings is 1. The maximum Gasteiger partial charge on any atom is 0.153 e. The van der Waals surface area contributed by atoms with Crippen molar-refractivity contribution in [1.82, 2.24) is 9.97 Å². The highest BCUT2D eigenvalue weighted by molar-refractivity contribution is 7.90. The van der Waals surface area contributed by atoms with Crippen LogP contribution in [0.4, 0.5) is 11.4 Å². The average Bonchev–Trinajstić information content (AvgIpc) is 3.02. The van der Waals surface area contributed by atoms with E-state index in [2.05, 4.69) is 21.4 Å². The van der Waals surface area contributed by atoms with Gasteiger partial charge in [-0.25, -0.2) is 4.98 Å². The van der Waals surface area contributed by atoms with Crippen LogP contribution in [0, 0.1) is 0 Å². The summed E-state index contributed by atoms with van der Waals surface area (Å²) < 4.78 is 12.9. The summed E-state index contributed by atoms with van der Waals surface area (Å²) in [6.07, 6.45) is 3.45. The van der Waals surface area contributed by atoms with Crippen molar-refractivity contribution in [3.05, 3.63) is 54.2 Å². The molecular formula is C17H13N3OS2. The Labute approximate surface area is 140 Å². The van der Waals surface area contributed by atoms with Gasteiger partial charge in [-0.1, -0.05) is 0 Å². The Kier molecular flexibility index (Phi) is 3.65. The zero-order chi connectivity index (χ0) is 15.8. The Morgan fingerprint density at radius 3 is 2.83 bits per heavy atom. The van der Waals surface area contributed by atoms with Crippen molar-refractivity contribution in [3.8, 4) is 0 Å². The van der Waals surface area contributed by atoms with Gasteiger partial charge in [-0.2, -0.15) is 0 Å². The molecule has 114 valence electrons. The number of nitrogens with zero attached hydrogens (tertiary/aromatic N) is 2. The van der Waals surface area contributed by atoms with Gasteiger partial charge in [-0.15, -0.1) is 11.3 Å². The SMILES string of the molecule is C[S@@+]([O-])c1ccc2nccc(Nc3ccc4scnc4c3)c2c1. The Hall–Kier alpha value is -2.15. The second-order valence-corrected chi connectivity index (χ2v) is 7.42. The van der Waals surface area contributed by atoms with Crippen LogP contribution in [-0.2, 0) is 11.2 Å². The van der Waals surface area contributed by atoms with Crippen LogP contribution < -0.4 is 5.32 Å². The van der Waals surface area contributed by atoms with Crippen LogP contribution >= 0.6 is 11.3 Å². The number of anilines is 2. The van der Waals surface area contributed by atoms with Crippen molar-refractivity contribution >= 4 is 55.0 Å². The molecule has 0 aliphatic rings. The standard InChI is InChI=1S/C17H13N3OS2/c1-23(21)12-3-4-14-13(9-12)15(6-7-18-14)20-11-2-5-17-16(8-11)19-10-22-17/h2-10H,1H3,(H,18,20)/t23-/m1/s1. The zero-order valence-electron chi connectivity index (χ0n) is 12.3. The molecule has 2 aromatic heterocycles. The molecule has 0 saturated carbocycles. The number of fused-ring (bicyclic) bond motifs is 2. The first-order chi connectivity index (χ1) is 11.2. The minimum absolute atomic E-state index is 0.795. The van der Waals surface area contributed by atoms with Gasteiger partial charge < -0.3 is 9.87 Å². The van der Waals surface area contributed by atoms with E-state index < -0.39 is 11.2 Å². The summed E-state index contributed by atoms with van der Waals surface area (Å²) in [7, 11) is 0. The summed E-state index contributed by atoms with van der Waals surface area (Å²) in [6.45, 7) is 0. The van der Waals surface area contributed by atoms with Crippen LogP contribution in [0.25, 0.3) is 21.1 Å². The maximum absolute atomic E-state index is 11.7. The lowest BCUT2D eigenvalue weighted by molar-refractivity contribution is 0.601. The third-order valence-electron chi connectivity index (χ3n) is 3.65. The molecule has 4 aromatic rings. The average molecular weight is 339 g/mol. The van der Waals surface area contributed by atoms with E-state index >= 15 is 0 Å². The number of aromatic nitrogens is 2. The number of rotatable bonds is 3. The molecule has 1 N–H and O–H groups in total. The molecule has 2 heterocycles. The van der Waals surface area contributed by atoms with E-state index in [0.29, 0.717) is 0 Å². The Bertz CT molecular complexity index is 997. The Balaban J connectivity index is 1.79. The highest BCUT2D eigenvalue weighted by Crippen LogP contribution is 2.29. The first-order valence-electron chi connectivity index (χ1n) is 7.03. The van der Waals surface area contributed by atoms with Crippen molar-refractivity contribution in [3.63, 3.8) is 0 Å². The van der Waals surface area contributed by atoms with Gasteiger partial charge in [0.2, 0.25) is 0 Å². The van der Waals surface area contributed by atoms with Gasteiger partial charge in [0, 0.05) is 29.0 Å². The minimum Gasteiger partial charge on any atom is -0.612 e. The van der Waals surface area contributed by atoms with Crippen LogP contribution in [-0.4, -0.2) is 20.8 Å². The van der Waals surface area contributed by atoms with Crippen molar-refractivity contribution in [1.29, 1.82) is 0 Å². The third-order valence-corrected chi connectivity index (χ3v) is 5.38. The highest BCUT2D eigenvalue weighted by Gasteiger charge is 2.09. The van der Waals surface area contributed by atoms with Gasteiger partial charge in [0.15, 0.2) is 4.90 Å². The van der Waals surface area contributed by atoms with E-state index in [1.165, 1.54) is 4.70 Å². The van der Waals surface area contributed by atoms with Crippen molar-refractivity contribution < 1.29 is 4.55 Å². The van der Waals surface area contributed by atoms with Gasteiger partial charge >= 0.3 is 0 Å². The van der Waals surface area contributed by atoms with Crippen LogP contribution in [0.2, 0.25) is 0 Å². The molecule has 4 rings (SSSR count). The monoisotopic (exact) mass is 339 g/mol. The Morgan fingerprint density at radius 2 is 1.96 bits per heavy atom. The molecule has 4 nitrogen and oxygen atoms in total.